The zero-order valence-corrected chi connectivity index (χ0v) is 14.2. The number of rotatable bonds is 5. The van der Waals surface area contributed by atoms with Crippen LogP contribution in [0.2, 0.25) is 0 Å². The highest BCUT2D eigenvalue weighted by atomic mass is 15.3. The van der Waals surface area contributed by atoms with E-state index >= 15 is 0 Å². The third kappa shape index (κ3) is 3.78. The van der Waals surface area contributed by atoms with Gasteiger partial charge in [-0.05, 0) is 49.4 Å². The van der Waals surface area contributed by atoms with Crippen LogP contribution in [0.4, 0.5) is 5.69 Å². The van der Waals surface area contributed by atoms with Crippen LogP contribution in [-0.2, 0) is 0 Å². The minimum atomic E-state index is 0.265. The Morgan fingerprint density at radius 1 is 1.14 bits per heavy atom. The monoisotopic (exact) mass is 289 g/mol. The van der Waals surface area contributed by atoms with Gasteiger partial charge in [0.15, 0.2) is 0 Å². The molecule has 1 atom stereocenters. The van der Waals surface area contributed by atoms with Crippen molar-refractivity contribution in [2.45, 2.75) is 34.1 Å². The van der Waals surface area contributed by atoms with E-state index in [0.717, 1.165) is 45.7 Å². The molecule has 0 aliphatic carbocycles. The third-order valence-electron chi connectivity index (χ3n) is 5.24. The maximum absolute atomic E-state index is 5.95. The molecule has 1 aliphatic heterocycles. The van der Waals surface area contributed by atoms with Crippen LogP contribution >= 0.6 is 0 Å². The van der Waals surface area contributed by atoms with E-state index in [-0.39, 0.29) is 5.41 Å². The van der Waals surface area contributed by atoms with Gasteiger partial charge in [0.1, 0.15) is 0 Å². The standard InChI is InChI=1S/C18H31N3/c1-5-18(4,13-19)14-20-9-11-21(12-10-20)17-8-6-7-15(2)16(17)3/h6-8H,5,9-14,19H2,1-4H3. The van der Waals surface area contributed by atoms with E-state index in [4.69, 9.17) is 5.73 Å². The van der Waals surface area contributed by atoms with Gasteiger partial charge >= 0.3 is 0 Å². The van der Waals surface area contributed by atoms with E-state index < -0.39 is 0 Å². The number of nitrogens with zero attached hydrogens (tertiary/aromatic N) is 2. The molecule has 3 heteroatoms. The normalized spacial score (nSPS) is 19.6. The zero-order valence-electron chi connectivity index (χ0n) is 14.2. The largest absolute Gasteiger partial charge is 0.369 e. The highest BCUT2D eigenvalue weighted by Crippen LogP contribution is 2.26. The Labute approximate surface area is 130 Å². The third-order valence-corrected chi connectivity index (χ3v) is 5.24. The smallest absolute Gasteiger partial charge is 0.0399 e. The Bertz CT molecular complexity index is 458. The van der Waals surface area contributed by atoms with Gasteiger partial charge in [0.25, 0.3) is 0 Å². The van der Waals surface area contributed by atoms with Crippen molar-refractivity contribution in [3.8, 4) is 0 Å². The molecule has 0 bridgehead atoms. The highest BCUT2D eigenvalue weighted by molar-refractivity contribution is 5.56. The highest BCUT2D eigenvalue weighted by Gasteiger charge is 2.26. The van der Waals surface area contributed by atoms with Gasteiger partial charge in [0, 0.05) is 38.4 Å². The van der Waals surface area contributed by atoms with Crippen LogP contribution in [0.3, 0.4) is 0 Å². The average Bonchev–Trinajstić information content (AvgIpc) is 2.51. The van der Waals surface area contributed by atoms with Gasteiger partial charge in [-0.3, -0.25) is 4.90 Å². The van der Waals surface area contributed by atoms with Gasteiger partial charge in [-0.15, -0.1) is 0 Å². The molecule has 1 unspecified atom stereocenters. The molecule has 1 saturated heterocycles. The number of anilines is 1. The molecular formula is C18H31N3. The summed E-state index contributed by atoms with van der Waals surface area (Å²) in [6, 6.07) is 6.63. The summed E-state index contributed by atoms with van der Waals surface area (Å²) in [5, 5.41) is 0. The fourth-order valence-corrected chi connectivity index (χ4v) is 3.09. The van der Waals surface area contributed by atoms with Crippen LogP contribution in [-0.4, -0.2) is 44.2 Å². The van der Waals surface area contributed by atoms with Gasteiger partial charge in [-0.25, -0.2) is 0 Å². The Balaban J connectivity index is 1.96. The van der Waals surface area contributed by atoms with Crippen molar-refractivity contribution >= 4 is 5.69 Å². The quantitative estimate of drug-likeness (QED) is 0.904. The average molecular weight is 289 g/mol. The summed E-state index contributed by atoms with van der Waals surface area (Å²) in [4.78, 5) is 5.11. The van der Waals surface area contributed by atoms with E-state index in [1.54, 1.807) is 0 Å². The fourth-order valence-electron chi connectivity index (χ4n) is 3.09. The van der Waals surface area contributed by atoms with Gasteiger partial charge in [0.05, 0.1) is 0 Å². The van der Waals surface area contributed by atoms with Crippen LogP contribution in [0.5, 0.6) is 0 Å². The number of benzene rings is 1. The maximum Gasteiger partial charge on any atom is 0.0399 e. The summed E-state index contributed by atoms with van der Waals surface area (Å²) in [5.41, 5.74) is 10.4. The number of nitrogens with two attached hydrogens (primary N) is 1. The van der Waals surface area contributed by atoms with E-state index in [0.29, 0.717) is 0 Å². The fraction of sp³-hybridized carbons (Fsp3) is 0.667. The summed E-state index contributed by atoms with van der Waals surface area (Å²) in [7, 11) is 0. The minimum Gasteiger partial charge on any atom is -0.369 e. The van der Waals surface area contributed by atoms with Crippen LogP contribution in [0.15, 0.2) is 18.2 Å². The van der Waals surface area contributed by atoms with Crippen molar-refractivity contribution in [2.24, 2.45) is 11.1 Å². The molecule has 0 aromatic heterocycles. The van der Waals surface area contributed by atoms with E-state index in [9.17, 15) is 0 Å². The Kier molecular flexibility index (Phi) is 5.28. The molecular weight excluding hydrogens is 258 g/mol. The van der Waals surface area contributed by atoms with E-state index in [1.807, 2.05) is 0 Å². The molecule has 0 saturated carbocycles. The first-order valence-electron chi connectivity index (χ1n) is 8.22. The predicted octanol–water partition coefficient (Wildman–Crippen LogP) is 2.80. The van der Waals surface area contributed by atoms with Crippen molar-refractivity contribution in [3.05, 3.63) is 29.3 Å². The molecule has 2 N–H and O–H groups in total. The minimum absolute atomic E-state index is 0.265. The molecule has 0 spiro atoms. The van der Waals surface area contributed by atoms with Crippen molar-refractivity contribution in [1.82, 2.24) is 4.90 Å². The summed E-state index contributed by atoms with van der Waals surface area (Å²) in [5.74, 6) is 0. The number of hydrogen-bond donors (Lipinski definition) is 1. The number of hydrogen-bond acceptors (Lipinski definition) is 3. The van der Waals surface area contributed by atoms with E-state index in [2.05, 4.69) is 55.7 Å². The molecule has 1 fully saturated rings. The predicted molar refractivity (Wildman–Crippen MR) is 92.0 cm³/mol. The molecule has 2 rings (SSSR count). The van der Waals surface area contributed by atoms with Gasteiger partial charge in [0.2, 0.25) is 0 Å². The lowest BCUT2D eigenvalue weighted by Crippen LogP contribution is -2.50. The summed E-state index contributed by atoms with van der Waals surface area (Å²) in [6.07, 6.45) is 1.15. The first-order chi connectivity index (χ1) is 9.99. The lowest BCUT2D eigenvalue weighted by Gasteiger charge is -2.41. The Hall–Kier alpha value is -1.06. The molecule has 0 amide bonds. The Morgan fingerprint density at radius 2 is 1.81 bits per heavy atom. The summed E-state index contributed by atoms with van der Waals surface area (Å²) >= 11 is 0. The van der Waals surface area contributed by atoms with Gasteiger partial charge in [-0.2, -0.15) is 0 Å². The lowest BCUT2D eigenvalue weighted by molar-refractivity contribution is 0.157. The second-order valence-electron chi connectivity index (χ2n) is 6.85. The second-order valence-corrected chi connectivity index (χ2v) is 6.85. The lowest BCUT2D eigenvalue weighted by atomic mass is 9.87. The zero-order chi connectivity index (χ0) is 15.5. The van der Waals surface area contributed by atoms with Crippen LogP contribution in [0, 0.1) is 19.3 Å². The molecule has 3 nitrogen and oxygen atoms in total. The first kappa shape index (κ1) is 16.3. The van der Waals surface area contributed by atoms with Gasteiger partial charge in [-0.1, -0.05) is 26.0 Å². The van der Waals surface area contributed by atoms with Gasteiger partial charge < -0.3 is 10.6 Å². The van der Waals surface area contributed by atoms with Crippen LogP contribution < -0.4 is 10.6 Å². The number of piperazine rings is 1. The topological polar surface area (TPSA) is 32.5 Å². The van der Waals surface area contributed by atoms with Crippen molar-refractivity contribution in [3.63, 3.8) is 0 Å². The molecule has 1 heterocycles. The Morgan fingerprint density at radius 3 is 2.38 bits per heavy atom. The summed E-state index contributed by atoms with van der Waals surface area (Å²) in [6.45, 7) is 15.4. The first-order valence-corrected chi connectivity index (χ1v) is 8.22. The van der Waals surface area contributed by atoms with Crippen molar-refractivity contribution in [2.75, 3.05) is 44.2 Å². The molecule has 21 heavy (non-hydrogen) atoms. The number of aryl methyl sites for hydroxylation is 1. The molecule has 1 aliphatic rings. The van der Waals surface area contributed by atoms with Crippen LogP contribution in [0.25, 0.3) is 0 Å². The summed E-state index contributed by atoms with van der Waals surface area (Å²) < 4.78 is 0. The molecule has 118 valence electrons. The maximum atomic E-state index is 5.95. The second kappa shape index (κ2) is 6.80. The molecule has 1 aromatic carbocycles. The SMILES string of the molecule is CCC(C)(CN)CN1CCN(c2cccc(C)c2C)CC1. The van der Waals surface area contributed by atoms with Crippen molar-refractivity contribution < 1.29 is 0 Å². The molecule has 0 radical (unpaired) electrons. The van der Waals surface area contributed by atoms with E-state index in [1.165, 1.54) is 16.8 Å². The molecule has 1 aromatic rings. The van der Waals surface area contributed by atoms with Crippen molar-refractivity contribution in [1.29, 1.82) is 0 Å². The van der Waals surface area contributed by atoms with Crippen LogP contribution in [0.1, 0.15) is 31.4 Å².